The third-order valence-electron chi connectivity index (χ3n) is 27.1. The van der Waals surface area contributed by atoms with Gasteiger partial charge in [-0.25, -0.2) is 0 Å². The van der Waals surface area contributed by atoms with E-state index < -0.39 is 322 Å². The number of carbonyl (C=O) groups excluding carboxylic acids is 3. The summed E-state index contributed by atoms with van der Waals surface area (Å²) in [7, 11) is 0. The number of allylic oxidation sites excluding steroid dienone is 3. The summed E-state index contributed by atoms with van der Waals surface area (Å²) in [6.45, 7) is -0.283. The molecule has 0 aromatic heterocycles. The number of carbonyl (C=O) groups is 3. The van der Waals surface area contributed by atoms with E-state index in [0.29, 0.717) is 12.8 Å². The minimum absolute atomic E-state index is 0.148. The number of hydrogen-bond donors (Lipinski definition) is 26. The number of ether oxygens (including phenoxy) is 16. The number of hydrogen-bond acceptors (Lipinski definition) is 42. The number of nitrogens with one attached hydrogen (secondary N) is 3. The summed E-state index contributed by atoms with van der Waals surface area (Å²) < 4.78 is 96.5. The Morgan fingerprint density at radius 3 is 1.08 bits per heavy atom. The van der Waals surface area contributed by atoms with Crippen molar-refractivity contribution in [1.82, 2.24) is 16.0 Å². The Balaban J connectivity index is 0.940. The monoisotopic (exact) mass is 2010 g/mol. The number of unbranched alkanes of at least 4 members (excludes halogenated alkanes) is 28. The highest BCUT2D eigenvalue weighted by Gasteiger charge is 2.61. The van der Waals surface area contributed by atoms with Crippen LogP contribution < -0.4 is 16.0 Å². The topological polar surface area (TPSA) is 700 Å². The van der Waals surface area contributed by atoms with Crippen molar-refractivity contribution in [2.45, 2.75) is 498 Å². The van der Waals surface area contributed by atoms with E-state index >= 15 is 0 Å². The molecule has 8 aliphatic heterocycles. The molecule has 0 aliphatic carbocycles. The van der Waals surface area contributed by atoms with Crippen molar-refractivity contribution in [2.75, 3.05) is 52.9 Å². The van der Waals surface area contributed by atoms with Gasteiger partial charge in [0.2, 0.25) is 17.7 Å². The molecule has 0 spiro atoms. The highest BCUT2D eigenvalue weighted by molar-refractivity contribution is 5.76. The molecule has 139 heavy (non-hydrogen) atoms. The van der Waals surface area contributed by atoms with E-state index in [1.54, 1.807) is 6.08 Å². The molecule has 0 aromatic carbocycles. The highest BCUT2D eigenvalue weighted by atomic mass is 16.8. The van der Waals surface area contributed by atoms with E-state index in [-0.39, 0.29) is 12.3 Å². The van der Waals surface area contributed by atoms with Crippen LogP contribution in [-0.2, 0) is 90.2 Å². The van der Waals surface area contributed by atoms with Crippen LogP contribution in [0.4, 0.5) is 0 Å². The van der Waals surface area contributed by atoms with E-state index in [4.69, 9.17) is 75.8 Å². The average molecular weight is 2010 g/mol. The van der Waals surface area contributed by atoms with Crippen LogP contribution in [0.2, 0.25) is 0 Å². The molecule has 8 rings (SSSR count). The van der Waals surface area contributed by atoms with E-state index in [2.05, 4.69) is 41.9 Å². The van der Waals surface area contributed by atoms with Crippen molar-refractivity contribution < 1.29 is 208 Å². The fraction of sp³-hybridized carbons (Fsp3) is 0.926. The van der Waals surface area contributed by atoms with Crippen LogP contribution in [-0.4, -0.2) is 446 Å². The molecule has 8 heterocycles. The van der Waals surface area contributed by atoms with Gasteiger partial charge >= 0.3 is 0 Å². The van der Waals surface area contributed by atoms with E-state index in [9.17, 15) is 132 Å². The Kier molecular flexibility index (Phi) is 54.8. The van der Waals surface area contributed by atoms with Crippen LogP contribution in [0.5, 0.6) is 0 Å². The van der Waals surface area contributed by atoms with Gasteiger partial charge in [-0.2, -0.15) is 0 Å². The first-order chi connectivity index (χ1) is 66.7. The van der Waals surface area contributed by atoms with Crippen LogP contribution in [0.1, 0.15) is 240 Å². The van der Waals surface area contributed by atoms with Crippen LogP contribution in [0.15, 0.2) is 24.3 Å². The Bertz CT molecular complexity index is 3410. The normalized spacial score (nSPS) is 39.1. The van der Waals surface area contributed by atoms with Gasteiger partial charge in [0.15, 0.2) is 50.3 Å². The van der Waals surface area contributed by atoms with Gasteiger partial charge in [0.05, 0.1) is 71.1 Å². The Morgan fingerprint density at radius 1 is 0.302 bits per heavy atom. The Labute approximate surface area is 812 Å². The van der Waals surface area contributed by atoms with Crippen molar-refractivity contribution >= 4 is 17.7 Å². The number of aliphatic hydroxyl groups is 23. The predicted octanol–water partition coefficient (Wildman–Crippen LogP) is -3.63. The van der Waals surface area contributed by atoms with Crippen molar-refractivity contribution in [1.29, 1.82) is 0 Å². The molecule has 0 bridgehead atoms. The van der Waals surface area contributed by atoms with Crippen LogP contribution in [0.25, 0.3) is 0 Å². The fourth-order valence-electron chi connectivity index (χ4n) is 18.7. The summed E-state index contributed by atoms with van der Waals surface area (Å²) in [5.41, 5.74) is 0. The highest BCUT2D eigenvalue weighted by Crippen LogP contribution is 2.40. The maximum atomic E-state index is 13.7. The summed E-state index contributed by atoms with van der Waals surface area (Å²) in [5, 5.41) is 267. The zero-order chi connectivity index (χ0) is 102. The maximum Gasteiger partial charge on any atom is 0.220 e. The van der Waals surface area contributed by atoms with Crippen LogP contribution in [0.3, 0.4) is 0 Å². The molecular formula is C94H167N3O42. The molecule has 0 aromatic rings. The smallest absolute Gasteiger partial charge is 0.220 e. The second kappa shape index (κ2) is 63.2. The first-order valence-corrected chi connectivity index (χ1v) is 50.5. The third-order valence-corrected chi connectivity index (χ3v) is 27.1. The van der Waals surface area contributed by atoms with E-state index in [1.807, 2.05) is 6.08 Å². The van der Waals surface area contributed by atoms with Crippen LogP contribution >= 0.6 is 0 Å². The predicted molar refractivity (Wildman–Crippen MR) is 485 cm³/mol. The summed E-state index contributed by atoms with van der Waals surface area (Å²) in [4.78, 5) is 40.5. The summed E-state index contributed by atoms with van der Waals surface area (Å²) in [6, 6.07) is -4.97. The van der Waals surface area contributed by atoms with E-state index in [0.717, 1.165) is 78.1 Å². The molecule has 0 radical (unpaired) electrons. The van der Waals surface area contributed by atoms with Gasteiger partial charge in [0.25, 0.3) is 0 Å². The quantitative estimate of drug-likeness (QED) is 0.0206. The molecule has 8 fully saturated rings. The van der Waals surface area contributed by atoms with Gasteiger partial charge in [-0.05, 0) is 51.9 Å². The lowest BCUT2D eigenvalue weighted by Gasteiger charge is -2.51. The second-order valence-electron chi connectivity index (χ2n) is 38.1. The van der Waals surface area contributed by atoms with Crippen molar-refractivity contribution in [3.05, 3.63) is 24.3 Å². The number of aliphatic hydroxyl groups excluding tert-OH is 23. The standard InChI is InChI=1S/C94H167N3O42/c1-6-8-10-12-14-16-18-20-21-22-23-24-25-26-27-29-31-33-35-37-39-41-62(107)97-53(54(106)40-38-36-34-32-30-28-19-17-15-13-11-9-7-2)48-124-89-78(121)73(116)81(58(45-101)131-89)134-93-79(122)74(117)82(59(46-102)132-93)135-94-80(123)86(68(111)57(44-100)129-94)139-88-63(95-51(4)104)84(137-92-77(120)72(115)67(110)56(43-99)128-92)69(112)61(133-88)49-125-87-64(96-52(5)105)85(138-90-75(118)70(113)65(108)50(3)126-90)83(60(47-103)130-87)136-91-76(119)71(114)66(109)55(42-98)127-91/h20-21,38,40,50,53-61,63-94,98-103,106,108-123H,6-19,22-37,39,41-49H2,1-5H3,(H,95,104)(H,96,105)(H,97,107)/b21-20-,40-38+/t50?,53-,54+,55?,56?,57?,58?,59?,60?,61?,63?,64?,65+,66-,67-,68-,69-,70?,71-,72-,73+,74+,75-,76?,77?,78?,79?,80?,81+,82-,83+,84+,85+,86-,87+,88-,89+,90+,91-,92-,93-,94-/m0/s1. The van der Waals surface area contributed by atoms with E-state index in [1.165, 1.54) is 129 Å². The third kappa shape index (κ3) is 35.8. The zero-order valence-corrected chi connectivity index (χ0v) is 80.9. The molecule has 810 valence electrons. The first-order valence-electron chi connectivity index (χ1n) is 50.5. The molecule has 0 saturated carbocycles. The van der Waals surface area contributed by atoms with Gasteiger partial charge in [-0.1, -0.05) is 192 Å². The molecule has 8 saturated heterocycles. The van der Waals surface area contributed by atoms with Crippen molar-refractivity contribution in [2.24, 2.45) is 0 Å². The molecule has 8 aliphatic rings. The van der Waals surface area contributed by atoms with Gasteiger partial charge < -0.3 is 209 Å². The van der Waals surface area contributed by atoms with Crippen molar-refractivity contribution in [3.8, 4) is 0 Å². The average Bonchev–Trinajstić information content (AvgIpc) is 0.763. The Hall–Kier alpha value is -3.67. The van der Waals surface area contributed by atoms with Gasteiger partial charge in [-0.3, -0.25) is 14.4 Å². The lowest BCUT2D eigenvalue weighted by atomic mass is 9.93. The molecule has 26 N–H and O–H groups in total. The van der Waals surface area contributed by atoms with Crippen molar-refractivity contribution in [3.63, 3.8) is 0 Å². The maximum absolute atomic E-state index is 13.7. The number of rotatable bonds is 62. The minimum Gasteiger partial charge on any atom is -0.394 e. The SMILES string of the molecule is CCCCCCCC/C=C\CCCCCCCCCCCCCC(=O)N[C@@H](CO[C@@H]1OC(CO)[C@@H](O[C@@H]2OC(CO)[C@H](O[C@@H]3OC(CO)[C@H](O)[C@H](O[C@@H]4OC(CO[C@@H]5OC(CO)[C@@H](O[C@@H]6OC(CO)[C@H](O)[C@H](O)C6O)[C@H](O[C@H]6OC(C)[C@@H](O)C(O)[C@@H]6O)C5NC(C)=O)[C@H](O)[C@H](O[C@@H]5OC(CO)[C@H](O)[C@H](O)C5O)C4NC(C)=O)C3O)[C@H](O)C2O)[C@H](O)C1O)[C@H](O)/C=C/CCCCCCCCCCCCC. The summed E-state index contributed by atoms with van der Waals surface area (Å²) >= 11 is 0. The summed E-state index contributed by atoms with van der Waals surface area (Å²) in [6.07, 6.45) is -34.5. The lowest BCUT2D eigenvalue weighted by molar-refractivity contribution is -0.391. The molecule has 42 atom stereocenters. The van der Waals surface area contributed by atoms with Crippen LogP contribution in [0, 0.1) is 0 Å². The molecule has 16 unspecified atom stereocenters. The Morgan fingerprint density at radius 2 is 0.626 bits per heavy atom. The molecule has 45 nitrogen and oxygen atoms in total. The lowest BCUT2D eigenvalue weighted by Crippen LogP contribution is -2.71. The largest absolute Gasteiger partial charge is 0.394 e. The molecule has 45 heteroatoms. The molecule has 3 amide bonds. The zero-order valence-electron chi connectivity index (χ0n) is 80.9. The first kappa shape index (κ1) is 121. The van der Waals surface area contributed by atoms with Gasteiger partial charge in [-0.15, -0.1) is 0 Å². The van der Waals surface area contributed by atoms with Gasteiger partial charge in [0, 0.05) is 20.3 Å². The number of amides is 3. The fourth-order valence-corrected chi connectivity index (χ4v) is 18.7. The molecular weight excluding hydrogens is 1840 g/mol. The minimum atomic E-state index is -2.42. The second-order valence-corrected chi connectivity index (χ2v) is 38.1. The van der Waals surface area contributed by atoms with Gasteiger partial charge in [0.1, 0.15) is 189 Å². The summed E-state index contributed by atoms with van der Waals surface area (Å²) in [5.74, 6) is -2.26.